The van der Waals surface area contributed by atoms with Crippen LogP contribution < -0.4 is 16.5 Å². The van der Waals surface area contributed by atoms with Crippen LogP contribution >= 0.6 is 15.9 Å². The standard InChI is InChI=1S/C25H31N3O.C18H14BNO3.C16H12BNO.C16H13NO2.C15H13N.C9H20N2.C8H6BrN.C7H9BO2/c1-18-11-13-19(14-12-18)21-9-6-10-23-22(21)17-24(27-23)25(29)26-15-16-28(2)20-7-4-3-5-8-20;1-11-6-8-12(9-7-11)13-4-3-5-15-14(13)10-16(17(21)23-2)20(15)18(19)22;1-11-5-7-12(8-6-11)13-3-2-4-15-14(13)9-10-18(15)16(17)19;1-10-5-7-11(8-6-10)12-3-2-4-14-13(12)9-15(17-14)16(18)19;1-11-5-7-12(8-6-11)13-3-2-4-15-14(13)9-10-16-15;1-11(8-7-10)9-5-3-2-4-6-9;9-7-2-1-3-8-6(7)4-5-10-8;1-6-2-4-7(5-3-6)8(9)10/h6,9-14,17,20,27H,3-5,7-8,15-16H2,1-2H3,(H,26,29);3-10H,1-2H3;2-10H,1H3;2-9,17H,1H3,(H,18,19);2-10,16H,1H3;9H,2-8,10H2,1H3;1-5,10H;2-5,9-10H,1H3. The Balaban J connectivity index is 0.000000135. The molecule has 0 saturated heterocycles. The molecule has 2 saturated carbocycles. The summed E-state index contributed by atoms with van der Waals surface area (Å²) in [5, 5.41) is 35.8. The quantitative estimate of drug-likeness (QED) is 0.0323. The van der Waals surface area contributed by atoms with E-state index < -0.39 is 30.7 Å². The lowest BCUT2D eigenvalue weighted by Gasteiger charge is -2.31. The van der Waals surface area contributed by atoms with Crippen molar-refractivity contribution in [2.75, 3.05) is 47.4 Å². The van der Waals surface area contributed by atoms with Gasteiger partial charge in [0, 0.05) is 116 Å². The summed E-state index contributed by atoms with van der Waals surface area (Å²) >= 11 is 3.46. The Morgan fingerprint density at radius 2 is 0.818 bits per heavy atom. The van der Waals surface area contributed by atoms with E-state index in [-0.39, 0.29) is 17.3 Å². The summed E-state index contributed by atoms with van der Waals surface area (Å²) in [4.78, 5) is 76.2. The summed E-state index contributed by atoms with van der Waals surface area (Å²) in [6, 6.07) is 97.7. The van der Waals surface area contributed by atoms with Crippen molar-refractivity contribution in [3.05, 3.63) is 365 Å². The van der Waals surface area contributed by atoms with Gasteiger partial charge in [-0.25, -0.2) is 9.59 Å². The molecule has 19 nitrogen and oxygen atoms in total. The van der Waals surface area contributed by atoms with E-state index in [0.29, 0.717) is 29.3 Å². The predicted molar refractivity (Wildman–Crippen MR) is 568 cm³/mol. The van der Waals surface area contributed by atoms with Gasteiger partial charge in [0.1, 0.15) is 17.1 Å². The van der Waals surface area contributed by atoms with Crippen molar-refractivity contribution in [1.29, 1.82) is 0 Å². The van der Waals surface area contributed by atoms with E-state index in [1.165, 1.54) is 141 Å². The molecule has 137 heavy (non-hydrogen) atoms. The van der Waals surface area contributed by atoms with Gasteiger partial charge in [0.25, 0.3) is 5.91 Å². The molecule has 1 amide bonds. The molecule has 4 radical (unpaired) electrons. The molecule has 0 unspecified atom stereocenters. The Kier molecular flexibility index (Phi) is 35.6. The van der Waals surface area contributed by atoms with E-state index in [1.807, 2.05) is 148 Å². The third-order valence-electron chi connectivity index (χ3n) is 25.2. The normalized spacial score (nSPS) is 12.4. The number of halogens is 1. The van der Waals surface area contributed by atoms with E-state index in [2.05, 4.69) is 231 Å². The summed E-state index contributed by atoms with van der Waals surface area (Å²) < 4.78 is 8.54. The highest BCUT2D eigenvalue weighted by atomic mass is 79.9. The number of nitrogens with zero attached hydrogens (tertiary/aromatic N) is 4. The number of esters is 1. The van der Waals surface area contributed by atoms with E-state index in [4.69, 9.17) is 41.3 Å². The van der Waals surface area contributed by atoms with Gasteiger partial charge in [-0.15, -0.1) is 0 Å². The van der Waals surface area contributed by atoms with Crippen molar-refractivity contribution < 1.29 is 43.9 Å². The number of fused-ring (bicyclic) bond motifs is 6. The van der Waals surface area contributed by atoms with Gasteiger partial charge in [0.05, 0.1) is 18.1 Å². The number of aryl methyl sites for hydroxylation is 6. The molecule has 694 valence electrons. The fourth-order valence-corrected chi connectivity index (χ4v) is 18.0. The number of H-pyrrole nitrogens is 4. The summed E-state index contributed by atoms with van der Waals surface area (Å²) in [6.45, 7) is 15.7. The number of carbonyl (C=O) groups excluding carboxylic acids is 4. The number of benzene rings is 12. The van der Waals surface area contributed by atoms with E-state index in [9.17, 15) is 24.0 Å². The van der Waals surface area contributed by atoms with Gasteiger partial charge in [-0.3, -0.25) is 23.5 Å². The molecule has 0 aliphatic heterocycles. The SMILES string of the molecule is Brc1cccc2[nH]ccc12.CN(CCN)C1CCCCC1.Cc1ccc(-c2cccc3[nH]c(C(=O)NCCN(C)C4CCCCC4)cc23)cc1.Cc1ccc(-c2cccc3[nH]c(C(=O)O)cc23)cc1.Cc1ccc(-c2cccc3[nH]ccc23)cc1.Cc1ccc(B(O)O)cc1.[B]C(=O)n1c(C(=O)OC)cc2c(-c3ccc(C)cc3)cccc21.[B]C(=O)n1ccc2c(-c3ccc(C)cc3)cccc21. The lowest BCUT2D eigenvalue weighted by atomic mass is 9.80. The molecule has 0 atom stereocenters. The zero-order chi connectivity index (χ0) is 97.2. The van der Waals surface area contributed by atoms with Crippen LogP contribution in [0.4, 0.5) is 9.59 Å². The number of aromatic carboxylic acids is 1. The van der Waals surface area contributed by atoms with Crippen molar-refractivity contribution in [3.8, 4) is 55.6 Å². The Labute approximate surface area is 813 Å². The molecule has 2 aliphatic rings. The Morgan fingerprint density at radius 1 is 0.438 bits per heavy atom. The van der Waals surface area contributed by atoms with E-state index >= 15 is 0 Å². The Hall–Kier alpha value is -13.9. The topological polar surface area (TPSA) is 273 Å². The van der Waals surface area contributed by atoms with Gasteiger partial charge >= 0.3 is 19.1 Å². The minimum absolute atomic E-state index is 0.0342. The van der Waals surface area contributed by atoms with Crippen LogP contribution in [0.15, 0.2) is 314 Å². The number of carboxylic acids is 1. The number of nitrogens with one attached hydrogen (secondary N) is 5. The molecule has 6 heterocycles. The highest BCUT2D eigenvalue weighted by Crippen LogP contribution is 2.37. The molecule has 18 aromatic rings. The molecule has 20 rings (SSSR count). The summed E-state index contributed by atoms with van der Waals surface area (Å²) in [7, 11) is 15.1. The van der Waals surface area contributed by atoms with Crippen LogP contribution in [-0.2, 0) is 4.74 Å². The number of hydrogen-bond donors (Lipinski definition) is 9. The first kappa shape index (κ1) is 101. The average Bonchev–Trinajstić information content (AvgIpc) is 1.61. The highest BCUT2D eigenvalue weighted by molar-refractivity contribution is 9.10. The molecule has 2 fully saturated rings. The van der Waals surface area contributed by atoms with Gasteiger partial charge in [-0.05, 0) is 221 Å². The number of carbonyl (C=O) groups is 5. The first-order chi connectivity index (χ1) is 66.2. The number of nitrogens with two attached hydrogens (primary N) is 1. The van der Waals surface area contributed by atoms with Crippen LogP contribution in [0.2, 0.25) is 0 Å². The molecule has 2 aliphatic carbocycles. The Morgan fingerprint density at radius 3 is 1.24 bits per heavy atom. The second-order valence-electron chi connectivity index (χ2n) is 35.0. The van der Waals surface area contributed by atoms with Gasteiger partial charge in [0.15, 0.2) is 11.6 Å². The zero-order valence-electron chi connectivity index (χ0n) is 79.3. The molecule has 23 heteroatoms. The van der Waals surface area contributed by atoms with Gasteiger partial charge in [-0.1, -0.05) is 300 Å². The van der Waals surface area contributed by atoms with Crippen LogP contribution in [0, 0.1) is 41.5 Å². The van der Waals surface area contributed by atoms with Gasteiger partial charge in [-0.2, -0.15) is 0 Å². The first-order valence-corrected chi connectivity index (χ1v) is 47.4. The summed E-state index contributed by atoms with van der Waals surface area (Å²) in [5.41, 5.74) is 31.0. The zero-order valence-corrected chi connectivity index (χ0v) is 80.9. The van der Waals surface area contributed by atoms with E-state index in [0.717, 1.165) is 118 Å². The lowest BCUT2D eigenvalue weighted by Crippen LogP contribution is -2.39. The number of aromatic nitrogens is 6. The van der Waals surface area contributed by atoms with Crippen molar-refractivity contribution >= 4 is 139 Å². The molecule has 6 aromatic heterocycles. The molecular formula is C114H118B3BrN10O9. The van der Waals surface area contributed by atoms with Crippen molar-refractivity contribution in [3.63, 3.8) is 0 Å². The monoisotopic (exact) mass is 1880 g/mol. The van der Waals surface area contributed by atoms with Crippen molar-refractivity contribution in [2.45, 2.75) is 118 Å². The molecule has 0 bridgehead atoms. The number of likely N-dealkylation sites (N-methyl/N-ethyl adjacent to an activating group) is 2. The minimum atomic E-state index is -1.35. The van der Waals surface area contributed by atoms with Gasteiger partial charge < -0.3 is 60.7 Å². The maximum atomic E-state index is 12.7. The largest absolute Gasteiger partial charge is 0.488 e. The second kappa shape index (κ2) is 48.5. The average molecular weight is 1880 g/mol. The fraction of sp³-hybridized carbons (Fsp3) is 0.219. The number of carboxylic acid groups (broad SMARTS) is 1. The van der Waals surface area contributed by atoms with Crippen LogP contribution in [0.25, 0.3) is 121 Å². The smallest absolute Gasteiger partial charge is 0.477 e. The summed E-state index contributed by atoms with van der Waals surface area (Å²) in [5.74, 6) is -2.76. The molecular weight excluding hydrogens is 1770 g/mol. The third kappa shape index (κ3) is 26.4. The summed E-state index contributed by atoms with van der Waals surface area (Å²) in [6.07, 6.45) is 19.3. The maximum absolute atomic E-state index is 12.7. The van der Waals surface area contributed by atoms with Gasteiger partial charge in [0.2, 0.25) is 15.7 Å². The van der Waals surface area contributed by atoms with Crippen LogP contribution in [0.3, 0.4) is 0 Å². The van der Waals surface area contributed by atoms with Crippen LogP contribution in [-0.4, -0.2) is 166 Å². The fourth-order valence-electron chi connectivity index (χ4n) is 17.5. The highest BCUT2D eigenvalue weighted by Gasteiger charge is 2.24. The molecule has 12 aromatic carbocycles. The first-order valence-electron chi connectivity index (χ1n) is 46.6. The number of methoxy groups -OCH3 is 1. The number of hydrogen-bond acceptors (Lipinski definition) is 11. The predicted octanol–water partition coefficient (Wildman–Crippen LogP) is 24.2. The minimum Gasteiger partial charge on any atom is -0.477 e. The number of amides is 1. The van der Waals surface area contributed by atoms with Crippen molar-refractivity contribution in [1.82, 2.24) is 44.2 Å². The Bertz CT molecular complexity index is 7020. The molecule has 10 N–H and O–H groups in total. The second-order valence-corrected chi connectivity index (χ2v) is 35.9. The number of ether oxygens (including phenoxy) is 1. The van der Waals surface area contributed by atoms with Crippen LogP contribution in [0.1, 0.15) is 129 Å². The maximum Gasteiger partial charge on any atom is 0.488 e. The third-order valence-corrected chi connectivity index (χ3v) is 25.9. The molecule has 0 spiro atoms. The van der Waals surface area contributed by atoms with Crippen LogP contribution in [0.5, 0.6) is 0 Å². The van der Waals surface area contributed by atoms with Crippen molar-refractivity contribution in [2.24, 2.45) is 5.73 Å². The van der Waals surface area contributed by atoms with E-state index in [1.54, 1.807) is 36.5 Å². The number of aromatic amines is 4. The lowest BCUT2D eigenvalue weighted by molar-refractivity contribution is 0.0590. The number of rotatable bonds is 16.